The first kappa shape index (κ1) is 15.3. The van der Waals surface area contributed by atoms with E-state index in [1.54, 1.807) is 0 Å². The summed E-state index contributed by atoms with van der Waals surface area (Å²) in [5.41, 5.74) is 1.18. The van der Waals surface area contributed by atoms with Crippen LogP contribution in [-0.4, -0.2) is 23.1 Å². The van der Waals surface area contributed by atoms with Gasteiger partial charge in [0.25, 0.3) is 0 Å². The quantitative estimate of drug-likeness (QED) is 0.530. The Labute approximate surface area is 118 Å². The Morgan fingerprint density at radius 3 is 2.19 bits per heavy atom. The summed E-state index contributed by atoms with van der Waals surface area (Å²) in [7, 11) is 0. The summed E-state index contributed by atoms with van der Waals surface area (Å²) in [4.78, 5) is 0. The van der Waals surface area contributed by atoms with Crippen LogP contribution < -0.4 is 17.1 Å². The monoisotopic (exact) mass is 242 g/mol. The second kappa shape index (κ2) is 8.45. The van der Waals surface area contributed by atoms with Gasteiger partial charge in [0.05, 0.1) is 0 Å². The van der Waals surface area contributed by atoms with Gasteiger partial charge in [-0.3, -0.25) is 0 Å². The van der Waals surface area contributed by atoms with E-state index >= 15 is 0 Å². The van der Waals surface area contributed by atoms with Crippen molar-refractivity contribution in [3.8, 4) is 5.75 Å². The first-order chi connectivity index (χ1) is 6.95. The molecule has 78 valence electrons. The molecule has 0 heterocycles. The zero-order valence-corrected chi connectivity index (χ0v) is 11.1. The van der Waals surface area contributed by atoms with Crippen LogP contribution in [0.1, 0.15) is 5.56 Å². The summed E-state index contributed by atoms with van der Waals surface area (Å²) in [6.07, 6.45) is 0. The first-order valence-electron chi connectivity index (χ1n) is 4.58. The zero-order valence-electron chi connectivity index (χ0n) is 8.90. The van der Waals surface area contributed by atoms with Crippen molar-refractivity contribution in [2.45, 2.75) is 6.61 Å². The third-order valence-electron chi connectivity index (χ3n) is 1.94. The van der Waals surface area contributed by atoms with Crippen molar-refractivity contribution in [2.24, 2.45) is 0 Å². The number of halogens is 1. The van der Waals surface area contributed by atoms with Crippen LogP contribution in [0.3, 0.4) is 0 Å². The van der Waals surface area contributed by atoms with E-state index in [9.17, 15) is 0 Å². The molecule has 16 heavy (non-hydrogen) atoms. The van der Waals surface area contributed by atoms with E-state index in [-0.39, 0.29) is 35.5 Å². The molecule has 2 aromatic rings. The normalized spacial score (nSPS) is 8.50. The van der Waals surface area contributed by atoms with E-state index in [0.29, 0.717) is 6.61 Å². The van der Waals surface area contributed by atoms with Crippen LogP contribution in [-0.2, 0) is 6.61 Å². The molecule has 0 aliphatic carbocycles. The molecule has 2 rings (SSSR count). The van der Waals surface area contributed by atoms with Crippen LogP contribution >= 0.6 is 0 Å². The predicted molar refractivity (Wildman–Crippen MR) is 61.8 cm³/mol. The number of hydrogen-bond acceptors (Lipinski definition) is 1. The molecule has 0 unspecified atom stereocenters. The second-order valence-corrected chi connectivity index (χ2v) is 3.01. The Hall–Kier alpha value is -0.704. The van der Waals surface area contributed by atoms with Crippen molar-refractivity contribution >= 4 is 23.1 Å². The molecule has 0 aliphatic heterocycles. The van der Waals surface area contributed by atoms with Crippen molar-refractivity contribution in [1.29, 1.82) is 0 Å². The standard InChI is InChI=1S/C13H11O.ClH.Mg/c1-3-7-12(8-4-1)11-14-13-9-5-2-6-10-13;;/h1,3-10H,11H2;1H;/q-1;;+2/p-1. The Kier molecular flexibility index (Phi) is 8.08. The van der Waals surface area contributed by atoms with E-state index in [0.717, 1.165) is 5.75 Å². The molecule has 3 heteroatoms. The number of hydrogen-bond donors (Lipinski definition) is 0. The van der Waals surface area contributed by atoms with E-state index in [2.05, 4.69) is 18.2 Å². The number of ether oxygens (including phenoxy) is 1. The van der Waals surface area contributed by atoms with E-state index < -0.39 is 0 Å². The van der Waals surface area contributed by atoms with Gasteiger partial charge in [-0.2, -0.15) is 18.2 Å². The molecule has 0 saturated carbocycles. The molecule has 0 aliphatic rings. The zero-order chi connectivity index (χ0) is 9.64. The molecule has 0 bridgehead atoms. The van der Waals surface area contributed by atoms with Crippen molar-refractivity contribution in [2.75, 3.05) is 0 Å². The summed E-state index contributed by atoms with van der Waals surface area (Å²) < 4.78 is 5.57. The minimum Gasteiger partial charge on any atom is -1.00 e. The van der Waals surface area contributed by atoms with Gasteiger partial charge >= 0.3 is 23.1 Å². The summed E-state index contributed by atoms with van der Waals surface area (Å²) >= 11 is 0. The maximum atomic E-state index is 5.57. The van der Waals surface area contributed by atoms with Crippen LogP contribution in [0.4, 0.5) is 0 Å². The number of benzene rings is 2. The van der Waals surface area contributed by atoms with Gasteiger partial charge in [0, 0.05) is 5.75 Å². The fourth-order valence-electron chi connectivity index (χ4n) is 1.21. The molecule has 2 aromatic carbocycles. The van der Waals surface area contributed by atoms with Crippen molar-refractivity contribution in [3.63, 3.8) is 0 Å². The van der Waals surface area contributed by atoms with Crippen LogP contribution in [0.5, 0.6) is 5.75 Å². The molecule has 0 spiro atoms. The average molecular weight is 243 g/mol. The van der Waals surface area contributed by atoms with Crippen molar-refractivity contribution in [3.05, 3.63) is 66.2 Å². The molecule has 1 nitrogen and oxygen atoms in total. The van der Waals surface area contributed by atoms with Gasteiger partial charge in [-0.1, -0.05) is 30.3 Å². The summed E-state index contributed by atoms with van der Waals surface area (Å²) in [5.74, 6) is 0.882. The first-order valence-corrected chi connectivity index (χ1v) is 4.58. The van der Waals surface area contributed by atoms with Crippen LogP contribution in [0.25, 0.3) is 0 Å². The van der Waals surface area contributed by atoms with Gasteiger partial charge in [0.15, 0.2) is 0 Å². The fraction of sp³-hybridized carbons (Fsp3) is 0.0769. The molecule has 0 atom stereocenters. The van der Waals surface area contributed by atoms with Gasteiger partial charge in [-0.15, -0.1) is 12.1 Å². The van der Waals surface area contributed by atoms with Gasteiger partial charge < -0.3 is 17.1 Å². The topological polar surface area (TPSA) is 9.23 Å². The maximum Gasteiger partial charge on any atom is 2.00 e. The SMILES string of the molecule is [Cl-].[Mg+2].[c-]1ccc(OCc2ccccc2)cc1. The molecular formula is C13H11ClMgO. The Morgan fingerprint density at radius 1 is 0.938 bits per heavy atom. The largest absolute Gasteiger partial charge is 2.00 e. The van der Waals surface area contributed by atoms with E-state index in [1.165, 1.54) is 5.56 Å². The number of rotatable bonds is 3. The van der Waals surface area contributed by atoms with Crippen molar-refractivity contribution in [1.82, 2.24) is 0 Å². The van der Waals surface area contributed by atoms with Gasteiger partial charge in [-0.05, 0) is 5.56 Å². The van der Waals surface area contributed by atoms with Crippen LogP contribution in [0.2, 0.25) is 0 Å². The molecule has 0 N–H and O–H groups in total. The Morgan fingerprint density at radius 2 is 1.56 bits per heavy atom. The van der Waals surface area contributed by atoms with Gasteiger partial charge in [-0.25, -0.2) is 0 Å². The van der Waals surface area contributed by atoms with Crippen LogP contribution in [0.15, 0.2) is 54.6 Å². The Balaban J connectivity index is 0.00000112. The van der Waals surface area contributed by atoms with Crippen molar-refractivity contribution < 1.29 is 17.1 Å². The predicted octanol–water partition coefficient (Wildman–Crippen LogP) is -0.311. The molecule has 0 radical (unpaired) electrons. The van der Waals surface area contributed by atoms with Crippen LogP contribution in [0, 0.1) is 6.07 Å². The summed E-state index contributed by atoms with van der Waals surface area (Å²) in [6.45, 7) is 0.616. The minimum absolute atomic E-state index is 0. The average Bonchev–Trinajstić information content (AvgIpc) is 2.29. The molecule has 0 aromatic heterocycles. The second-order valence-electron chi connectivity index (χ2n) is 3.01. The van der Waals surface area contributed by atoms with E-state index in [1.807, 2.05) is 42.5 Å². The van der Waals surface area contributed by atoms with E-state index in [4.69, 9.17) is 4.74 Å². The smallest absolute Gasteiger partial charge is 1.00 e. The summed E-state index contributed by atoms with van der Waals surface area (Å²) in [6, 6.07) is 20.6. The molecule has 0 fully saturated rings. The minimum atomic E-state index is 0. The summed E-state index contributed by atoms with van der Waals surface area (Å²) in [5, 5.41) is 0. The molecular weight excluding hydrogens is 232 g/mol. The molecule has 0 amide bonds. The molecule has 0 saturated heterocycles. The van der Waals surface area contributed by atoms with Gasteiger partial charge in [0.1, 0.15) is 6.61 Å². The third kappa shape index (κ3) is 4.88. The Bertz CT molecular complexity index is 338. The van der Waals surface area contributed by atoms with Gasteiger partial charge in [0.2, 0.25) is 0 Å². The maximum absolute atomic E-state index is 5.57. The fourth-order valence-corrected chi connectivity index (χ4v) is 1.21. The third-order valence-corrected chi connectivity index (χ3v) is 1.94.